The summed E-state index contributed by atoms with van der Waals surface area (Å²) < 4.78 is 26.5. The van der Waals surface area contributed by atoms with Crippen LogP contribution in [0.3, 0.4) is 0 Å². The van der Waals surface area contributed by atoms with Gasteiger partial charge in [-0.05, 0) is 25.5 Å². The first-order valence-corrected chi connectivity index (χ1v) is 6.64. The van der Waals surface area contributed by atoms with Gasteiger partial charge < -0.3 is 10.6 Å². The zero-order valence-electron chi connectivity index (χ0n) is 10.3. The third-order valence-electron chi connectivity index (χ3n) is 3.13. The van der Waals surface area contributed by atoms with E-state index in [2.05, 4.69) is 10.6 Å². The number of amides is 1. The number of hydrogen-bond acceptors (Lipinski definition) is 2. The molecular formula is C13H15ClF2N2O. The Morgan fingerprint density at radius 3 is 2.84 bits per heavy atom. The summed E-state index contributed by atoms with van der Waals surface area (Å²) in [7, 11) is 0. The van der Waals surface area contributed by atoms with Gasteiger partial charge in [0.15, 0.2) is 5.82 Å². The molecule has 1 aliphatic heterocycles. The van der Waals surface area contributed by atoms with Crippen molar-refractivity contribution in [2.45, 2.75) is 31.7 Å². The zero-order chi connectivity index (χ0) is 13.8. The fraction of sp³-hybridized carbons (Fsp3) is 0.462. The molecule has 0 bridgehead atoms. The van der Waals surface area contributed by atoms with Crippen molar-refractivity contribution >= 4 is 23.2 Å². The van der Waals surface area contributed by atoms with Crippen LogP contribution in [0.4, 0.5) is 14.5 Å². The molecule has 0 aliphatic carbocycles. The average molecular weight is 289 g/mol. The minimum Gasteiger partial charge on any atom is -0.321 e. The Morgan fingerprint density at radius 2 is 2.11 bits per heavy atom. The smallest absolute Gasteiger partial charge is 0.241 e. The Hall–Kier alpha value is -1.20. The molecule has 1 atom stereocenters. The molecule has 1 aromatic rings. The highest BCUT2D eigenvalue weighted by molar-refractivity contribution is 6.33. The summed E-state index contributed by atoms with van der Waals surface area (Å²) in [4.78, 5) is 12.0. The lowest BCUT2D eigenvalue weighted by atomic mass is 10.1. The molecule has 1 aliphatic rings. The van der Waals surface area contributed by atoms with Gasteiger partial charge in [0.25, 0.3) is 0 Å². The Bertz CT molecular complexity index is 451. The number of anilines is 1. The summed E-state index contributed by atoms with van der Waals surface area (Å²) in [6, 6.07) is 1.31. The molecule has 3 nitrogen and oxygen atoms in total. The molecule has 6 heteroatoms. The van der Waals surface area contributed by atoms with E-state index in [0.717, 1.165) is 31.9 Å². The maximum absolute atomic E-state index is 13.6. The lowest BCUT2D eigenvalue weighted by Crippen LogP contribution is -2.40. The normalized spacial score (nSPS) is 19.8. The summed E-state index contributed by atoms with van der Waals surface area (Å²) >= 11 is 5.73. The van der Waals surface area contributed by atoms with Crippen molar-refractivity contribution in [3.8, 4) is 0 Å². The standard InChI is InChI=1S/C13H15ClF2N2O/c14-9-6-8(15)7-10(16)12(9)18-13(19)11-4-2-1-3-5-17-11/h6-7,11,17H,1-5H2,(H,18,19). The Balaban J connectivity index is 2.10. The average Bonchev–Trinajstić information content (AvgIpc) is 2.62. The number of nitrogens with one attached hydrogen (secondary N) is 2. The SMILES string of the molecule is O=C(Nc1c(F)cc(F)cc1Cl)C1CCCCCN1. The van der Waals surface area contributed by atoms with Crippen LogP contribution in [0.2, 0.25) is 5.02 Å². The van der Waals surface area contributed by atoms with Crippen LogP contribution in [0, 0.1) is 11.6 Å². The second kappa shape index (κ2) is 6.30. The van der Waals surface area contributed by atoms with Gasteiger partial charge in [-0.2, -0.15) is 0 Å². The van der Waals surface area contributed by atoms with Crippen LogP contribution in [0.25, 0.3) is 0 Å². The second-order valence-corrected chi connectivity index (χ2v) is 5.00. The first-order valence-electron chi connectivity index (χ1n) is 6.26. The van der Waals surface area contributed by atoms with Gasteiger partial charge in [0, 0.05) is 6.07 Å². The topological polar surface area (TPSA) is 41.1 Å². The molecule has 1 unspecified atom stereocenters. The maximum atomic E-state index is 13.6. The maximum Gasteiger partial charge on any atom is 0.241 e. The fourth-order valence-corrected chi connectivity index (χ4v) is 2.37. The molecule has 104 valence electrons. The molecule has 0 aromatic heterocycles. The molecule has 0 spiro atoms. The van der Waals surface area contributed by atoms with Crippen LogP contribution in [0.15, 0.2) is 12.1 Å². The van der Waals surface area contributed by atoms with Gasteiger partial charge in [-0.25, -0.2) is 8.78 Å². The van der Waals surface area contributed by atoms with Gasteiger partial charge in [-0.1, -0.05) is 24.4 Å². The van der Waals surface area contributed by atoms with Crippen molar-refractivity contribution in [3.05, 3.63) is 28.8 Å². The number of halogens is 3. The second-order valence-electron chi connectivity index (χ2n) is 4.59. The first kappa shape index (κ1) is 14.2. The third kappa shape index (κ3) is 3.64. The molecule has 1 aromatic carbocycles. The first-order chi connectivity index (χ1) is 9.08. The lowest BCUT2D eigenvalue weighted by molar-refractivity contribution is -0.118. The molecule has 1 heterocycles. The van der Waals surface area contributed by atoms with Crippen LogP contribution in [0.5, 0.6) is 0 Å². The van der Waals surface area contributed by atoms with Crippen LogP contribution in [-0.4, -0.2) is 18.5 Å². The molecule has 1 saturated heterocycles. The fourth-order valence-electron chi connectivity index (χ4n) is 2.12. The third-order valence-corrected chi connectivity index (χ3v) is 3.43. The minimum atomic E-state index is -0.869. The number of benzene rings is 1. The molecule has 2 N–H and O–H groups in total. The molecule has 0 saturated carbocycles. The van der Waals surface area contributed by atoms with E-state index in [-0.39, 0.29) is 22.7 Å². The number of carbonyl (C=O) groups is 1. The Labute approximate surface area is 115 Å². The van der Waals surface area contributed by atoms with E-state index in [4.69, 9.17) is 11.6 Å². The van der Waals surface area contributed by atoms with Crippen LogP contribution in [0.1, 0.15) is 25.7 Å². The van der Waals surface area contributed by atoms with Crippen LogP contribution < -0.4 is 10.6 Å². The highest BCUT2D eigenvalue weighted by Crippen LogP contribution is 2.26. The molecule has 1 amide bonds. The van der Waals surface area contributed by atoms with Crippen molar-refractivity contribution in [2.75, 3.05) is 11.9 Å². The van der Waals surface area contributed by atoms with Crippen molar-refractivity contribution in [1.82, 2.24) is 5.32 Å². The Kier molecular flexibility index (Phi) is 4.71. The van der Waals surface area contributed by atoms with Crippen LogP contribution >= 0.6 is 11.6 Å². The van der Waals surface area contributed by atoms with E-state index in [0.29, 0.717) is 12.5 Å². The van der Waals surface area contributed by atoms with Gasteiger partial charge in [0.1, 0.15) is 5.82 Å². The monoisotopic (exact) mass is 288 g/mol. The number of hydrogen-bond donors (Lipinski definition) is 2. The lowest BCUT2D eigenvalue weighted by Gasteiger charge is -2.16. The van der Waals surface area contributed by atoms with Gasteiger partial charge in [-0.15, -0.1) is 0 Å². The number of carbonyl (C=O) groups excluding carboxylic acids is 1. The van der Waals surface area contributed by atoms with Gasteiger partial charge in [-0.3, -0.25) is 4.79 Å². The van der Waals surface area contributed by atoms with E-state index in [9.17, 15) is 13.6 Å². The van der Waals surface area contributed by atoms with E-state index in [1.165, 1.54) is 0 Å². The molecule has 1 fully saturated rings. The largest absolute Gasteiger partial charge is 0.321 e. The van der Waals surface area contributed by atoms with E-state index in [1.807, 2.05) is 0 Å². The highest BCUT2D eigenvalue weighted by atomic mass is 35.5. The quantitative estimate of drug-likeness (QED) is 0.878. The summed E-state index contributed by atoms with van der Waals surface area (Å²) in [6.45, 7) is 0.762. The molecule has 0 radical (unpaired) electrons. The number of rotatable bonds is 2. The van der Waals surface area contributed by atoms with E-state index in [1.54, 1.807) is 0 Å². The van der Waals surface area contributed by atoms with Gasteiger partial charge in [0.2, 0.25) is 5.91 Å². The molecule has 19 heavy (non-hydrogen) atoms. The summed E-state index contributed by atoms with van der Waals surface area (Å²) in [6.07, 6.45) is 3.74. The van der Waals surface area contributed by atoms with Crippen molar-refractivity contribution in [3.63, 3.8) is 0 Å². The van der Waals surface area contributed by atoms with E-state index >= 15 is 0 Å². The molecule has 2 rings (SSSR count). The van der Waals surface area contributed by atoms with Gasteiger partial charge >= 0.3 is 0 Å². The minimum absolute atomic E-state index is 0.139. The van der Waals surface area contributed by atoms with Gasteiger partial charge in [0.05, 0.1) is 16.8 Å². The summed E-state index contributed by atoms with van der Waals surface area (Å²) in [5, 5.41) is 5.39. The Morgan fingerprint density at radius 1 is 1.32 bits per heavy atom. The van der Waals surface area contributed by atoms with Crippen molar-refractivity contribution in [2.24, 2.45) is 0 Å². The van der Waals surface area contributed by atoms with Crippen molar-refractivity contribution in [1.29, 1.82) is 0 Å². The molecular weight excluding hydrogens is 274 g/mol. The van der Waals surface area contributed by atoms with Crippen LogP contribution in [-0.2, 0) is 4.79 Å². The summed E-state index contributed by atoms with van der Waals surface area (Å²) in [5.74, 6) is -1.98. The van der Waals surface area contributed by atoms with E-state index < -0.39 is 11.6 Å². The summed E-state index contributed by atoms with van der Waals surface area (Å²) in [5.41, 5.74) is -0.167. The predicted octanol–water partition coefficient (Wildman–Crippen LogP) is 3.09. The predicted molar refractivity (Wildman–Crippen MR) is 70.3 cm³/mol. The van der Waals surface area contributed by atoms with Crippen molar-refractivity contribution < 1.29 is 13.6 Å². The highest BCUT2D eigenvalue weighted by Gasteiger charge is 2.21. The zero-order valence-corrected chi connectivity index (χ0v) is 11.1.